The lowest BCUT2D eigenvalue weighted by molar-refractivity contribution is -0.347. The molecule has 0 aromatic heterocycles. The summed E-state index contributed by atoms with van der Waals surface area (Å²) in [5.41, 5.74) is -0.672. The van der Waals surface area contributed by atoms with E-state index in [4.69, 9.17) is 37.9 Å². The maximum Gasteiger partial charge on any atom is 0.331 e. The predicted molar refractivity (Wildman–Crippen MR) is 158 cm³/mol. The Balaban J connectivity index is 1.18. The van der Waals surface area contributed by atoms with Crippen LogP contribution in [0.2, 0.25) is 0 Å². The molecule has 49 heavy (non-hydrogen) atoms. The molecule has 1 aromatic rings. The number of aliphatic hydroxyl groups is 6. The number of hydrogen-bond acceptors (Lipinski definition) is 17. The number of carbonyl (C=O) groups is 2. The van der Waals surface area contributed by atoms with Crippen LogP contribution >= 0.6 is 0 Å². The third-order valence-electron chi connectivity index (χ3n) is 9.50. The van der Waals surface area contributed by atoms with E-state index in [0.717, 1.165) is 13.0 Å². The molecule has 4 aliphatic heterocycles. The van der Waals surface area contributed by atoms with E-state index in [1.54, 1.807) is 25.1 Å². The van der Waals surface area contributed by atoms with Crippen molar-refractivity contribution in [2.75, 3.05) is 13.2 Å². The second-order valence-corrected chi connectivity index (χ2v) is 12.6. The smallest absolute Gasteiger partial charge is 0.331 e. The van der Waals surface area contributed by atoms with Gasteiger partial charge in [-0.25, -0.2) is 4.79 Å². The van der Waals surface area contributed by atoms with Gasteiger partial charge in [0.25, 0.3) is 0 Å². The number of phenols is 1. The second-order valence-electron chi connectivity index (χ2n) is 12.6. The summed E-state index contributed by atoms with van der Waals surface area (Å²) in [4.78, 5) is 24.8. The predicted octanol–water partition coefficient (Wildman–Crippen LogP) is -2.20. The van der Waals surface area contributed by atoms with Gasteiger partial charge in [-0.05, 0) is 36.8 Å². The van der Waals surface area contributed by atoms with E-state index in [0.29, 0.717) is 5.56 Å². The molecule has 0 radical (unpaired) electrons. The van der Waals surface area contributed by atoms with Gasteiger partial charge < -0.3 is 73.6 Å². The van der Waals surface area contributed by atoms with Crippen molar-refractivity contribution in [2.24, 2.45) is 11.8 Å². The molecule has 0 amide bonds. The second kappa shape index (κ2) is 14.2. The van der Waals surface area contributed by atoms with Crippen molar-refractivity contribution in [3.05, 3.63) is 48.2 Å². The summed E-state index contributed by atoms with van der Waals surface area (Å²) in [6, 6.07) is 6.02. The Kier molecular flexibility index (Phi) is 10.3. The van der Waals surface area contributed by atoms with Gasteiger partial charge in [-0.3, -0.25) is 4.79 Å². The third kappa shape index (κ3) is 6.81. The van der Waals surface area contributed by atoms with E-state index in [9.17, 15) is 45.3 Å². The molecule has 1 aliphatic carbocycles. The highest BCUT2D eigenvalue weighted by Crippen LogP contribution is 2.61. The van der Waals surface area contributed by atoms with Gasteiger partial charge in [0.15, 0.2) is 24.8 Å². The monoisotopic (exact) mass is 696 g/mol. The Morgan fingerprint density at radius 1 is 0.878 bits per heavy atom. The Labute approximate surface area is 279 Å². The topological polar surface area (TPSA) is 253 Å². The van der Waals surface area contributed by atoms with E-state index in [1.165, 1.54) is 24.5 Å². The Morgan fingerprint density at radius 2 is 1.59 bits per heavy atom. The number of phenolic OH excluding ortho intramolecular Hbond substituents is 1. The lowest BCUT2D eigenvalue weighted by Crippen LogP contribution is -2.61. The highest BCUT2D eigenvalue weighted by molar-refractivity contribution is 5.87. The standard InChI is InChI=1S/C32H40O17/c1-13-25(44-14(2)35)27(46-19(37)8-5-15-3-6-16(36)7-4-15)24(41)31(43-13)47-26-17-9-10-42-29(20(17)32(12-34)28(26)49-32)48-30-23(40)22(39)21(38)18(11-33)45-30/h3-10,13,17-18,20-31,33-34,36,38-41H,11-12H2,1-2H3/b8-5+/t13-,17+,18+,20+,21+,22-,23+,24+,25-,26-,27-,28-,29-,30-,31-,32+/m0/s1. The molecule has 6 rings (SSSR count). The minimum Gasteiger partial charge on any atom is -0.508 e. The summed E-state index contributed by atoms with van der Waals surface area (Å²) in [6.07, 6.45) is -11.8. The van der Waals surface area contributed by atoms with Crippen LogP contribution in [0.15, 0.2) is 42.7 Å². The maximum absolute atomic E-state index is 12.9. The molecule has 3 saturated heterocycles. The van der Waals surface area contributed by atoms with Gasteiger partial charge in [-0.15, -0.1) is 0 Å². The van der Waals surface area contributed by atoms with Crippen molar-refractivity contribution < 1.29 is 83.2 Å². The first-order valence-corrected chi connectivity index (χ1v) is 15.8. The van der Waals surface area contributed by atoms with E-state index >= 15 is 0 Å². The first-order valence-electron chi connectivity index (χ1n) is 15.8. The molecule has 4 fully saturated rings. The summed E-state index contributed by atoms with van der Waals surface area (Å²) in [5.74, 6) is -2.91. The minimum atomic E-state index is -1.71. The molecule has 5 aliphatic rings. The molecule has 17 heteroatoms. The fourth-order valence-electron chi connectivity index (χ4n) is 6.98. The van der Waals surface area contributed by atoms with E-state index in [1.807, 2.05) is 0 Å². The number of esters is 2. The molecule has 0 unspecified atom stereocenters. The van der Waals surface area contributed by atoms with E-state index in [-0.39, 0.29) is 5.75 Å². The van der Waals surface area contributed by atoms with Crippen molar-refractivity contribution >= 4 is 18.0 Å². The molecule has 1 aromatic carbocycles. The van der Waals surface area contributed by atoms with Gasteiger partial charge >= 0.3 is 11.9 Å². The Bertz CT molecular complexity index is 1400. The minimum absolute atomic E-state index is 0.0452. The van der Waals surface area contributed by atoms with Crippen molar-refractivity contribution in [1.82, 2.24) is 0 Å². The summed E-state index contributed by atoms with van der Waals surface area (Å²) < 4.78 is 46.2. The zero-order valence-electron chi connectivity index (χ0n) is 26.4. The molecule has 0 bridgehead atoms. The van der Waals surface area contributed by atoms with Gasteiger partial charge in [0.2, 0.25) is 6.29 Å². The van der Waals surface area contributed by atoms with Gasteiger partial charge in [-0.2, -0.15) is 0 Å². The van der Waals surface area contributed by atoms with Gasteiger partial charge in [-0.1, -0.05) is 12.1 Å². The number of aromatic hydroxyl groups is 1. The Morgan fingerprint density at radius 3 is 2.27 bits per heavy atom. The van der Waals surface area contributed by atoms with Crippen LogP contribution in [0.25, 0.3) is 6.08 Å². The highest BCUT2D eigenvalue weighted by Gasteiger charge is 2.77. The summed E-state index contributed by atoms with van der Waals surface area (Å²) in [6.45, 7) is 1.53. The zero-order valence-corrected chi connectivity index (χ0v) is 26.4. The highest BCUT2D eigenvalue weighted by atomic mass is 16.8. The molecule has 1 saturated carbocycles. The number of hydrogen-bond donors (Lipinski definition) is 7. The number of carbonyl (C=O) groups excluding carboxylic acids is 2. The zero-order chi connectivity index (χ0) is 35.2. The molecule has 270 valence electrons. The number of fused-ring (bicyclic) bond motifs is 3. The molecular weight excluding hydrogens is 656 g/mol. The number of ether oxygens (including phenoxy) is 8. The van der Waals surface area contributed by atoms with Crippen LogP contribution < -0.4 is 0 Å². The molecular formula is C32H40O17. The number of rotatable bonds is 10. The number of epoxide rings is 1. The average molecular weight is 697 g/mol. The van der Waals surface area contributed by atoms with Crippen molar-refractivity contribution in [3.8, 4) is 5.75 Å². The van der Waals surface area contributed by atoms with E-state index < -0.39 is 122 Å². The fraction of sp³-hybridized carbons (Fsp3) is 0.625. The van der Waals surface area contributed by atoms with Crippen LogP contribution in [0.1, 0.15) is 19.4 Å². The van der Waals surface area contributed by atoms with Crippen LogP contribution in [0.5, 0.6) is 5.75 Å². The molecule has 0 spiro atoms. The lowest BCUT2D eigenvalue weighted by atomic mass is 9.85. The molecule has 17 nitrogen and oxygen atoms in total. The summed E-state index contributed by atoms with van der Waals surface area (Å²) in [7, 11) is 0. The van der Waals surface area contributed by atoms with Gasteiger partial charge in [0.1, 0.15) is 48.0 Å². The fourth-order valence-corrected chi connectivity index (χ4v) is 6.98. The number of aliphatic hydroxyl groups excluding tert-OH is 6. The Hall–Kier alpha value is -3.20. The van der Waals surface area contributed by atoms with Crippen LogP contribution in [0.4, 0.5) is 0 Å². The maximum atomic E-state index is 12.9. The van der Waals surface area contributed by atoms with Crippen LogP contribution in [0.3, 0.4) is 0 Å². The number of benzene rings is 1. The van der Waals surface area contributed by atoms with Gasteiger partial charge in [0, 0.05) is 18.9 Å². The van der Waals surface area contributed by atoms with Gasteiger partial charge in [0.05, 0.1) is 37.6 Å². The van der Waals surface area contributed by atoms with Crippen molar-refractivity contribution in [3.63, 3.8) is 0 Å². The van der Waals surface area contributed by atoms with Crippen LogP contribution in [-0.4, -0.2) is 146 Å². The van der Waals surface area contributed by atoms with Crippen LogP contribution in [-0.2, 0) is 47.5 Å². The lowest BCUT2D eigenvalue weighted by Gasteiger charge is -2.44. The van der Waals surface area contributed by atoms with E-state index in [2.05, 4.69) is 0 Å². The largest absolute Gasteiger partial charge is 0.508 e. The van der Waals surface area contributed by atoms with Crippen molar-refractivity contribution in [2.45, 2.75) is 99.4 Å². The summed E-state index contributed by atoms with van der Waals surface area (Å²) in [5, 5.41) is 71.8. The first kappa shape index (κ1) is 35.6. The first-order chi connectivity index (χ1) is 23.4. The average Bonchev–Trinajstić information content (AvgIpc) is 3.75. The SMILES string of the molecule is CC(=O)O[C@@H]1[C@@H](OC(=O)/C=C/c2ccc(O)cc2)[C@@H](O)[C@H](O[C@H]2[C@@H]3C=CO[C@@H](O[C@@H]4O[C@H](CO)[C@@H](O)[C@H](O)[C@H]4O)[C@@H]3[C@@]3(CO)O[C@@H]23)O[C@H]1C. The molecule has 4 heterocycles. The quantitative estimate of drug-likeness (QED) is 0.0779. The third-order valence-corrected chi connectivity index (χ3v) is 9.50. The normalized spacial score (nSPS) is 44.1. The summed E-state index contributed by atoms with van der Waals surface area (Å²) >= 11 is 0. The molecule has 16 atom stereocenters. The van der Waals surface area contributed by atoms with Crippen molar-refractivity contribution in [1.29, 1.82) is 0 Å². The molecule has 7 N–H and O–H groups in total. The van der Waals surface area contributed by atoms with Crippen LogP contribution in [0, 0.1) is 11.8 Å².